The van der Waals surface area contributed by atoms with Crippen molar-refractivity contribution >= 4 is 23.6 Å². The van der Waals surface area contributed by atoms with Gasteiger partial charge in [0.15, 0.2) is 5.78 Å². The second-order valence-electron chi connectivity index (χ2n) is 20.5. The first-order valence-corrected chi connectivity index (χ1v) is 20.8. The van der Waals surface area contributed by atoms with Crippen LogP contribution in [0, 0.1) is 56.2 Å². The number of nitrogens with one attached hydrogen (secondary N) is 1. The Labute approximate surface area is 319 Å². The molecule has 0 aromatic heterocycles. The molecule has 9 heteroatoms. The summed E-state index contributed by atoms with van der Waals surface area (Å²) in [7, 11) is 0. The van der Waals surface area contributed by atoms with Crippen molar-refractivity contribution in [1.29, 1.82) is 0 Å². The molecule has 0 radical (unpaired) electrons. The Morgan fingerprint density at radius 3 is 2.17 bits per heavy atom. The smallest absolute Gasteiger partial charge is 0.309 e. The highest BCUT2D eigenvalue weighted by atomic mass is 16.5. The van der Waals surface area contributed by atoms with Crippen molar-refractivity contribution in [2.24, 2.45) is 56.2 Å². The molecule has 9 nitrogen and oxygen atoms in total. The highest BCUT2D eigenvalue weighted by Crippen LogP contribution is 2.77. The molecular formula is C44H72N2O7. The predicted molar refractivity (Wildman–Crippen MR) is 207 cm³/mol. The summed E-state index contributed by atoms with van der Waals surface area (Å²) in [4.78, 5) is 53.8. The zero-order valence-electron chi connectivity index (χ0n) is 35.1. The van der Waals surface area contributed by atoms with Gasteiger partial charge < -0.3 is 20.3 Å². The standard InChI is InChI=1S/C44H72N2O7/c1-13-45-34(49)25-46(27(4)5)24-32(48)44-21-20-42(11)28(37(44)36(26(2)3)29(47)22-44)14-15-31-41(10)18-17-33(53-35(50)23-39(6,7)38(51)52)40(8,9)30(41)16-19-43(31,42)12/h26-28,30-33,48H,13-25H2,1-12H3,(H,45,49)(H,51,52)/t28-,30+,31-,32+,33+,41+,42-,43-,44+/m1/s1. The van der Waals surface area contributed by atoms with Gasteiger partial charge in [-0.3, -0.25) is 24.1 Å². The number of fused-ring (bicyclic) bond motifs is 7. The number of carbonyl (C=O) groups excluding carboxylic acids is 3. The number of ether oxygens (including phenoxy) is 1. The molecule has 4 fully saturated rings. The summed E-state index contributed by atoms with van der Waals surface area (Å²) in [5, 5.41) is 24.9. The van der Waals surface area contributed by atoms with Gasteiger partial charge in [-0.2, -0.15) is 0 Å². The maximum atomic E-state index is 14.1. The van der Waals surface area contributed by atoms with Gasteiger partial charge in [-0.25, -0.2) is 0 Å². The fourth-order valence-electron chi connectivity index (χ4n) is 13.2. The number of allylic oxidation sites excluding steroid dienone is 1. The number of ketones is 1. The van der Waals surface area contributed by atoms with Crippen molar-refractivity contribution in [3.8, 4) is 0 Å². The lowest BCUT2D eigenvalue weighted by Crippen LogP contribution is -2.66. The second-order valence-corrected chi connectivity index (χ2v) is 20.5. The summed E-state index contributed by atoms with van der Waals surface area (Å²) >= 11 is 0. The van der Waals surface area contributed by atoms with Crippen LogP contribution in [0.2, 0.25) is 0 Å². The third-order valence-electron chi connectivity index (χ3n) is 16.4. The molecule has 5 rings (SSSR count). The first kappa shape index (κ1) is 41.9. The molecule has 0 aromatic carbocycles. The van der Waals surface area contributed by atoms with Crippen LogP contribution in [0.5, 0.6) is 0 Å². The highest BCUT2D eigenvalue weighted by molar-refractivity contribution is 6.00. The van der Waals surface area contributed by atoms with Gasteiger partial charge in [0.25, 0.3) is 0 Å². The van der Waals surface area contributed by atoms with Crippen LogP contribution in [0.15, 0.2) is 11.1 Å². The van der Waals surface area contributed by atoms with E-state index >= 15 is 0 Å². The number of Topliss-reactive ketones (excluding diaryl/α,β-unsaturated/α-hetero) is 1. The molecule has 0 bridgehead atoms. The summed E-state index contributed by atoms with van der Waals surface area (Å²) in [6, 6.07) is 0.0661. The Hall–Kier alpha value is -2.26. The van der Waals surface area contributed by atoms with E-state index in [4.69, 9.17) is 4.74 Å². The quantitative estimate of drug-likeness (QED) is 0.175. The van der Waals surface area contributed by atoms with Crippen molar-refractivity contribution in [2.45, 2.75) is 166 Å². The molecule has 0 aromatic rings. The number of aliphatic hydroxyl groups excluding tert-OH is 1. The number of carboxylic acids is 1. The van der Waals surface area contributed by atoms with Gasteiger partial charge in [-0.15, -0.1) is 0 Å². The number of hydrogen-bond acceptors (Lipinski definition) is 7. The Balaban J connectivity index is 1.45. The summed E-state index contributed by atoms with van der Waals surface area (Å²) in [6.45, 7) is 26.7. The van der Waals surface area contributed by atoms with E-state index in [1.807, 2.05) is 6.92 Å². The lowest BCUT2D eigenvalue weighted by Gasteiger charge is -2.72. The van der Waals surface area contributed by atoms with E-state index in [0.717, 1.165) is 56.9 Å². The normalized spacial score (nSPS) is 37.2. The van der Waals surface area contributed by atoms with Gasteiger partial charge >= 0.3 is 11.9 Å². The average Bonchev–Trinajstić information content (AvgIpc) is 3.35. The minimum Gasteiger partial charge on any atom is -0.481 e. The van der Waals surface area contributed by atoms with E-state index in [9.17, 15) is 29.4 Å². The lowest BCUT2D eigenvalue weighted by molar-refractivity contribution is -0.235. The van der Waals surface area contributed by atoms with Crippen LogP contribution in [-0.2, 0) is 23.9 Å². The largest absolute Gasteiger partial charge is 0.481 e. The van der Waals surface area contributed by atoms with Crippen LogP contribution in [0.1, 0.15) is 147 Å². The van der Waals surface area contributed by atoms with Crippen LogP contribution >= 0.6 is 0 Å². The minimum atomic E-state index is -1.17. The fraction of sp³-hybridized carbons (Fsp3) is 0.864. The van der Waals surface area contributed by atoms with E-state index in [-0.39, 0.29) is 70.3 Å². The Bertz CT molecular complexity index is 1500. The van der Waals surface area contributed by atoms with Crippen molar-refractivity contribution < 1.29 is 34.1 Å². The predicted octanol–water partition coefficient (Wildman–Crippen LogP) is 7.59. The van der Waals surface area contributed by atoms with Crippen molar-refractivity contribution in [1.82, 2.24) is 10.2 Å². The first-order chi connectivity index (χ1) is 24.4. The second kappa shape index (κ2) is 14.4. The number of esters is 1. The SMILES string of the molecule is CCNC(=O)CN(C[C@H](O)[C@@]12CC[C@]3(C)[C@H](CC[C@@H]4[C@@]5(C)CC[C@H](OC(=O)CC(C)(C)C(=O)O)C(C)(C)[C@@H]5CC[C@]43C)C1=C(C(C)C)C(=O)C2)C(C)C. The van der Waals surface area contributed by atoms with Gasteiger partial charge in [0.2, 0.25) is 5.91 Å². The number of amides is 1. The molecule has 1 amide bonds. The molecule has 53 heavy (non-hydrogen) atoms. The van der Waals surface area contributed by atoms with E-state index in [0.29, 0.717) is 31.3 Å². The topological polar surface area (TPSA) is 133 Å². The minimum absolute atomic E-state index is 0.0202. The lowest BCUT2D eigenvalue weighted by atomic mass is 9.33. The number of carbonyl (C=O) groups is 4. The maximum Gasteiger partial charge on any atom is 0.309 e. The van der Waals surface area contributed by atoms with Crippen LogP contribution in [-0.4, -0.2) is 76.6 Å². The Kier molecular flexibility index (Phi) is 11.3. The molecule has 5 aliphatic carbocycles. The molecule has 0 aliphatic heterocycles. The number of likely N-dealkylation sites (N-methyl/N-ethyl adjacent to an activating group) is 1. The molecule has 0 unspecified atom stereocenters. The fourth-order valence-corrected chi connectivity index (χ4v) is 13.2. The number of hydrogen-bond donors (Lipinski definition) is 3. The molecule has 3 N–H and O–H groups in total. The molecule has 300 valence electrons. The summed E-state index contributed by atoms with van der Waals surface area (Å²) in [5.74, 6) is -0.188. The number of nitrogens with zero attached hydrogens (tertiary/aromatic N) is 1. The van der Waals surface area contributed by atoms with E-state index in [2.05, 4.69) is 72.5 Å². The van der Waals surface area contributed by atoms with E-state index < -0.39 is 28.9 Å². The van der Waals surface area contributed by atoms with Crippen molar-refractivity contribution in [3.05, 3.63) is 11.1 Å². The molecule has 0 spiro atoms. The van der Waals surface area contributed by atoms with Crippen LogP contribution in [0.4, 0.5) is 0 Å². The first-order valence-electron chi connectivity index (χ1n) is 20.8. The molecule has 9 atom stereocenters. The molecular weight excluding hydrogens is 668 g/mol. The Morgan fingerprint density at radius 2 is 1.58 bits per heavy atom. The number of aliphatic carboxylic acids is 1. The molecule has 0 heterocycles. The van der Waals surface area contributed by atoms with Crippen LogP contribution in [0.25, 0.3) is 0 Å². The summed E-state index contributed by atoms with van der Waals surface area (Å²) in [6.07, 6.45) is 6.77. The van der Waals surface area contributed by atoms with E-state index in [1.54, 1.807) is 13.8 Å². The summed E-state index contributed by atoms with van der Waals surface area (Å²) < 4.78 is 6.16. The third-order valence-corrected chi connectivity index (χ3v) is 16.4. The number of rotatable bonds is 12. The molecule has 4 saturated carbocycles. The van der Waals surface area contributed by atoms with E-state index in [1.165, 1.54) is 5.57 Å². The van der Waals surface area contributed by atoms with Crippen molar-refractivity contribution in [3.63, 3.8) is 0 Å². The van der Waals surface area contributed by atoms with Gasteiger partial charge in [-0.05, 0) is 131 Å². The number of carboxylic acid groups (broad SMARTS) is 1. The van der Waals surface area contributed by atoms with Gasteiger partial charge in [0.05, 0.1) is 24.5 Å². The van der Waals surface area contributed by atoms with Crippen LogP contribution in [0.3, 0.4) is 0 Å². The zero-order valence-corrected chi connectivity index (χ0v) is 35.1. The highest BCUT2D eigenvalue weighted by Gasteiger charge is 2.71. The average molecular weight is 741 g/mol. The Morgan fingerprint density at radius 1 is 0.925 bits per heavy atom. The molecule has 5 aliphatic rings. The number of aliphatic hydroxyl groups is 1. The van der Waals surface area contributed by atoms with Gasteiger partial charge in [0, 0.05) is 36.4 Å². The summed E-state index contributed by atoms with van der Waals surface area (Å²) in [5.41, 5.74) is 0.158. The monoisotopic (exact) mass is 741 g/mol. The molecule has 0 saturated heterocycles. The van der Waals surface area contributed by atoms with Crippen LogP contribution < -0.4 is 5.32 Å². The zero-order chi connectivity index (χ0) is 39.7. The third kappa shape index (κ3) is 6.73. The van der Waals surface area contributed by atoms with Crippen molar-refractivity contribution in [2.75, 3.05) is 19.6 Å². The van der Waals surface area contributed by atoms with Gasteiger partial charge in [0.1, 0.15) is 6.10 Å². The van der Waals surface area contributed by atoms with Gasteiger partial charge in [-0.1, -0.05) is 54.0 Å². The maximum absolute atomic E-state index is 14.1.